The van der Waals surface area contributed by atoms with E-state index < -0.39 is 16.9 Å². The van der Waals surface area contributed by atoms with Gasteiger partial charge in [0, 0.05) is 12.1 Å². The van der Waals surface area contributed by atoms with E-state index in [2.05, 4.69) is 0 Å². The second-order valence-electron chi connectivity index (χ2n) is 3.13. The van der Waals surface area contributed by atoms with E-state index in [1.54, 1.807) is 0 Å². The van der Waals surface area contributed by atoms with Crippen molar-refractivity contribution in [1.29, 1.82) is 0 Å². The molecule has 1 rings (SSSR count). The van der Waals surface area contributed by atoms with Crippen molar-refractivity contribution in [2.75, 3.05) is 6.61 Å². The average Bonchev–Trinajstić information content (AvgIpc) is 2.25. The molecule has 7 nitrogen and oxygen atoms in total. The van der Waals surface area contributed by atoms with Gasteiger partial charge in [0.25, 0.3) is 5.69 Å². The molecule has 0 saturated carbocycles. The van der Waals surface area contributed by atoms with E-state index in [0.29, 0.717) is 0 Å². The largest absolute Gasteiger partial charge is 0.491 e. The number of ether oxygens (including phenoxy) is 1. The number of nitro groups is 1. The van der Waals surface area contributed by atoms with Crippen LogP contribution in [0.25, 0.3) is 0 Å². The van der Waals surface area contributed by atoms with Crippen LogP contribution < -0.4 is 10.5 Å². The molecule has 1 unspecified atom stereocenters. The van der Waals surface area contributed by atoms with Crippen LogP contribution in [0.3, 0.4) is 0 Å². The maximum Gasteiger partial charge on any atom is 0.324 e. The number of aliphatic carboxylic acids is 1. The summed E-state index contributed by atoms with van der Waals surface area (Å²) in [5.74, 6) is -0.977. The minimum absolute atomic E-state index is 0.0867. The van der Waals surface area contributed by atoms with Crippen LogP contribution in [-0.4, -0.2) is 28.6 Å². The third-order valence-corrected chi connectivity index (χ3v) is 2.17. The predicted molar refractivity (Wildman–Crippen MR) is 59.2 cm³/mol. The van der Waals surface area contributed by atoms with E-state index in [1.165, 1.54) is 18.2 Å². The summed E-state index contributed by atoms with van der Waals surface area (Å²) in [4.78, 5) is 20.3. The van der Waals surface area contributed by atoms with Gasteiger partial charge >= 0.3 is 5.97 Å². The van der Waals surface area contributed by atoms with Gasteiger partial charge in [0.05, 0.1) is 4.92 Å². The normalized spacial score (nSPS) is 11.9. The molecule has 8 heteroatoms. The molecule has 0 aliphatic rings. The Balaban J connectivity index is 2.71. The number of carbonyl (C=O) groups is 1. The highest BCUT2D eigenvalue weighted by Gasteiger charge is 2.15. The van der Waals surface area contributed by atoms with Crippen LogP contribution in [0.15, 0.2) is 18.2 Å². The maximum absolute atomic E-state index is 10.5. The quantitative estimate of drug-likeness (QED) is 0.603. The van der Waals surface area contributed by atoms with Crippen molar-refractivity contribution >= 4 is 23.3 Å². The summed E-state index contributed by atoms with van der Waals surface area (Å²) in [6, 6.07) is 2.56. The highest BCUT2D eigenvalue weighted by atomic mass is 35.5. The van der Waals surface area contributed by atoms with Gasteiger partial charge in [0.1, 0.15) is 23.4 Å². The second-order valence-corrected chi connectivity index (χ2v) is 3.53. The lowest BCUT2D eigenvalue weighted by Gasteiger charge is -2.09. The Morgan fingerprint density at radius 2 is 2.29 bits per heavy atom. The van der Waals surface area contributed by atoms with Crippen molar-refractivity contribution in [3.8, 4) is 5.75 Å². The number of nitrogens with zero attached hydrogens (tertiary/aromatic N) is 1. The average molecular weight is 261 g/mol. The molecular formula is C9H9ClN2O5. The third kappa shape index (κ3) is 3.58. The minimum Gasteiger partial charge on any atom is -0.491 e. The summed E-state index contributed by atoms with van der Waals surface area (Å²) in [7, 11) is 0. The summed E-state index contributed by atoms with van der Waals surface area (Å²) < 4.78 is 5.03. The Labute approximate surface area is 101 Å². The zero-order valence-corrected chi connectivity index (χ0v) is 9.26. The summed E-state index contributed by atoms with van der Waals surface area (Å²) in [5, 5.41) is 18.9. The van der Waals surface area contributed by atoms with Gasteiger partial charge in [-0.2, -0.15) is 0 Å². The maximum atomic E-state index is 10.5. The molecule has 92 valence electrons. The molecule has 0 aromatic heterocycles. The van der Waals surface area contributed by atoms with Crippen LogP contribution in [-0.2, 0) is 4.79 Å². The number of carboxylic acids is 1. The van der Waals surface area contributed by atoms with Crippen LogP contribution in [0.1, 0.15) is 0 Å². The van der Waals surface area contributed by atoms with Crippen LogP contribution in [0.4, 0.5) is 5.69 Å². The highest BCUT2D eigenvalue weighted by Crippen LogP contribution is 2.28. The first-order valence-corrected chi connectivity index (χ1v) is 4.84. The van der Waals surface area contributed by atoms with Gasteiger partial charge in [-0.3, -0.25) is 14.9 Å². The molecule has 1 aromatic rings. The predicted octanol–water partition coefficient (Wildman–Crippen LogP) is 1.04. The Bertz CT molecular complexity index is 451. The Morgan fingerprint density at radius 1 is 1.65 bits per heavy atom. The fourth-order valence-electron chi connectivity index (χ4n) is 0.983. The number of hydrogen-bond donors (Lipinski definition) is 2. The number of rotatable bonds is 5. The highest BCUT2D eigenvalue weighted by molar-refractivity contribution is 6.32. The van der Waals surface area contributed by atoms with Gasteiger partial charge in [0.2, 0.25) is 0 Å². The molecule has 0 aliphatic carbocycles. The number of nitro benzene ring substituents is 1. The second kappa shape index (κ2) is 5.46. The number of halogens is 1. The smallest absolute Gasteiger partial charge is 0.324 e. The van der Waals surface area contributed by atoms with Crippen molar-refractivity contribution < 1.29 is 19.6 Å². The molecule has 3 N–H and O–H groups in total. The monoisotopic (exact) mass is 260 g/mol. The van der Waals surface area contributed by atoms with E-state index in [4.69, 9.17) is 27.2 Å². The molecule has 0 fully saturated rings. The Morgan fingerprint density at radius 3 is 2.76 bits per heavy atom. The number of nitrogens with two attached hydrogens (primary N) is 1. The van der Waals surface area contributed by atoms with Gasteiger partial charge < -0.3 is 15.6 Å². The van der Waals surface area contributed by atoms with Crippen molar-refractivity contribution in [3.63, 3.8) is 0 Å². The van der Waals surface area contributed by atoms with Crippen LogP contribution in [0.5, 0.6) is 5.75 Å². The number of carboxylic acid groups (broad SMARTS) is 1. The molecule has 0 radical (unpaired) electrons. The lowest BCUT2D eigenvalue weighted by Crippen LogP contribution is -2.36. The van der Waals surface area contributed by atoms with Gasteiger partial charge in [-0.25, -0.2) is 0 Å². The van der Waals surface area contributed by atoms with Gasteiger partial charge in [-0.05, 0) is 6.07 Å². The fraction of sp³-hybridized carbons (Fsp3) is 0.222. The third-order valence-electron chi connectivity index (χ3n) is 1.86. The summed E-state index contributed by atoms with van der Waals surface area (Å²) in [5.41, 5.74) is 4.97. The summed E-state index contributed by atoms with van der Waals surface area (Å²) in [6.45, 7) is -0.247. The van der Waals surface area contributed by atoms with Crippen molar-refractivity contribution in [2.45, 2.75) is 6.04 Å². The van der Waals surface area contributed by atoms with Crippen LogP contribution in [0.2, 0.25) is 5.02 Å². The van der Waals surface area contributed by atoms with Gasteiger partial charge in [0.15, 0.2) is 0 Å². The molecule has 0 spiro atoms. The van der Waals surface area contributed by atoms with Crippen LogP contribution in [0, 0.1) is 10.1 Å². The Kier molecular flexibility index (Phi) is 4.24. The zero-order chi connectivity index (χ0) is 13.0. The van der Waals surface area contributed by atoms with Crippen molar-refractivity contribution in [3.05, 3.63) is 33.3 Å². The van der Waals surface area contributed by atoms with Gasteiger partial charge in [-0.15, -0.1) is 0 Å². The molecule has 0 aliphatic heterocycles. The molecule has 1 aromatic carbocycles. The molecular weight excluding hydrogens is 252 g/mol. The number of benzene rings is 1. The van der Waals surface area contributed by atoms with E-state index >= 15 is 0 Å². The molecule has 0 saturated heterocycles. The Hall–Kier alpha value is -1.86. The fourth-order valence-corrected chi connectivity index (χ4v) is 1.22. The van der Waals surface area contributed by atoms with E-state index in [0.717, 1.165) is 0 Å². The standard InChI is InChI=1S/C9H9ClN2O5/c10-6-3-5(1-2-8(6)12(15)16)17-4-7(11)9(13)14/h1-3,7H,4,11H2,(H,13,14). The van der Waals surface area contributed by atoms with E-state index in [-0.39, 0.29) is 23.1 Å². The topological polar surface area (TPSA) is 116 Å². The van der Waals surface area contributed by atoms with E-state index in [1.807, 2.05) is 0 Å². The molecule has 1 atom stereocenters. The zero-order valence-electron chi connectivity index (χ0n) is 8.50. The van der Waals surface area contributed by atoms with Crippen LogP contribution >= 0.6 is 11.6 Å². The molecule has 0 amide bonds. The lowest BCUT2D eigenvalue weighted by atomic mass is 10.3. The first-order chi connectivity index (χ1) is 7.91. The SMILES string of the molecule is NC(COc1ccc([N+](=O)[O-])c(Cl)c1)C(=O)O. The van der Waals surface area contributed by atoms with Gasteiger partial charge in [-0.1, -0.05) is 11.6 Å². The molecule has 0 bridgehead atoms. The summed E-state index contributed by atoms with van der Waals surface area (Å²) >= 11 is 5.63. The van der Waals surface area contributed by atoms with Crippen molar-refractivity contribution in [1.82, 2.24) is 0 Å². The lowest BCUT2D eigenvalue weighted by molar-refractivity contribution is -0.384. The minimum atomic E-state index is -1.20. The summed E-state index contributed by atoms with van der Waals surface area (Å²) in [6.07, 6.45) is 0. The van der Waals surface area contributed by atoms with E-state index in [9.17, 15) is 14.9 Å². The molecule has 0 heterocycles. The first-order valence-electron chi connectivity index (χ1n) is 4.47. The molecule has 17 heavy (non-hydrogen) atoms. The number of hydrogen-bond acceptors (Lipinski definition) is 5. The first kappa shape index (κ1) is 13.2. The van der Waals surface area contributed by atoms with Crippen molar-refractivity contribution in [2.24, 2.45) is 5.73 Å².